The van der Waals surface area contributed by atoms with E-state index in [-0.39, 0.29) is 5.78 Å². The Balaban J connectivity index is 1.95. The number of carbonyl (C=O) groups is 1. The number of halogens is 1. The molecule has 0 saturated carbocycles. The van der Waals surface area contributed by atoms with Crippen molar-refractivity contribution in [2.75, 3.05) is 7.11 Å². The van der Waals surface area contributed by atoms with Crippen LogP contribution in [0.5, 0.6) is 11.5 Å². The Morgan fingerprint density at radius 2 is 1.90 bits per heavy atom. The largest absolute Gasteiger partial charge is 0.497 e. The van der Waals surface area contributed by atoms with E-state index in [4.69, 9.17) is 21.1 Å². The number of rotatable bonds is 2. The molecule has 0 aliphatic carbocycles. The van der Waals surface area contributed by atoms with Gasteiger partial charge in [0.2, 0.25) is 5.78 Å². The lowest BCUT2D eigenvalue weighted by molar-refractivity contribution is 0.101. The first-order chi connectivity index (χ1) is 9.67. The van der Waals surface area contributed by atoms with Crippen LogP contribution in [0, 0.1) is 0 Å². The maximum absolute atomic E-state index is 12.3. The van der Waals surface area contributed by atoms with E-state index in [9.17, 15) is 4.79 Å². The maximum atomic E-state index is 12.3. The first-order valence-corrected chi connectivity index (χ1v) is 6.43. The third kappa shape index (κ3) is 2.28. The Bertz CT molecular complexity index is 702. The molecule has 0 radical (unpaired) electrons. The highest BCUT2D eigenvalue weighted by atomic mass is 35.5. The van der Waals surface area contributed by atoms with Crippen LogP contribution < -0.4 is 9.47 Å². The third-order valence-electron chi connectivity index (χ3n) is 3.04. The van der Waals surface area contributed by atoms with Crippen molar-refractivity contribution in [3.8, 4) is 11.5 Å². The zero-order valence-electron chi connectivity index (χ0n) is 10.7. The number of methoxy groups -OCH3 is 1. The van der Waals surface area contributed by atoms with Crippen molar-refractivity contribution >= 4 is 23.5 Å². The zero-order valence-corrected chi connectivity index (χ0v) is 11.5. The van der Waals surface area contributed by atoms with Crippen LogP contribution in [0.1, 0.15) is 15.9 Å². The van der Waals surface area contributed by atoms with E-state index >= 15 is 0 Å². The predicted molar refractivity (Wildman–Crippen MR) is 77.4 cm³/mol. The van der Waals surface area contributed by atoms with Crippen molar-refractivity contribution in [1.29, 1.82) is 0 Å². The quantitative estimate of drug-likeness (QED) is 0.784. The number of allylic oxidation sites excluding steroid dienone is 1. The molecular formula is C16H11ClO3. The van der Waals surface area contributed by atoms with Crippen molar-refractivity contribution < 1.29 is 14.3 Å². The molecule has 0 unspecified atom stereocenters. The van der Waals surface area contributed by atoms with Crippen LogP contribution >= 0.6 is 11.6 Å². The first-order valence-electron chi connectivity index (χ1n) is 6.05. The molecule has 100 valence electrons. The second kappa shape index (κ2) is 5.02. The molecule has 3 rings (SSSR count). The third-order valence-corrected chi connectivity index (χ3v) is 3.29. The monoisotopic (exact) mass is 286 g/mol. The second-order valence-corrected chi connectivity index (χ2v) is 4.79. The second-order valence-electron chi connectivity index (χ2n) is 4.35. The highest BCUT2D eigenvalue weighted by Gasteiger charge is 2.27. The molecule has 0 spiro atoms. The summed E-state index contributed by atoms with van der Waals surface area (Å²) in [5, 5.41) is 0.652. The lowest BCUT2D eigenvalue weighted by Crippen LogP contribution is -1.98. The molecule has 0 amide bonds. The molecule has 1 heterocycles. The van der Waals surface area contributed by atoms with Crippen LogP contribution in [0.2, 0.25) is 5.02 Å². The number of hydrogen-bond acceptors (Lipinski definition) is 3. The molecule has 4 heteroatoms. The Morgan fingerprint density at radius 1 is 1.15 bits per heavy atom. The van der Waals surface area contributed by atoms with Gasteiger partial charge in [-0.15, -0.1) is 0 Å². The van der Waals surface area contributed by atoms with Crippen LogP contribution in [-0.2, 0) is 0 Å². The minimum atomic E-state index is -0.145. The van der Waals surface area contributed by atoms with E-state index in [0.717, 1.165) is 5.56 Å². The van der Waals surface area contributed by atoms with E-state index in [0.29, 0.717) is 27.8 Å². The molecule has 20 heavy (non-hydrogen) atoms. The number of ketones is 1. The molecule has 0 aromatic heterocycles. The Kier molecular flexibility index (Phi) is 3.20. The number of hydrogen-bond donors (Lipinski definition) is 0. The summed E-state index contributed by atoms with van der Waals surface area (Å²) in [6.45, 7) is 0. The SMILES string of the molecule is COc1ccc2c(c1)C(=O)/C(=C\c1ccc(Cl)cc1)O2. The van der Waals surface area contributed by atoms with Gasteiger partial charge in [-0.1, -0.05) is 23.7 Å². The van der Waals surface area contributed by atoms with Crippen LogP contribution in [0.3, 0.4) is 0 Å². The highest BCUT2D eigenvalue weighted by Crippen LogP contribution is 2.34. The van der Waals surface area contributed by atoms with E-state index in [2.05, 4.69) is 0 Å². The average Bonchev–Trinajstić information content (AvgIpc) is 2.77. The average molecular weight is 287 g/mol. The summed E-state index contributed by atoms with van der Waals surface area (Å²) in [4.78, 5) is 12.3. The van der Waals surface area contributed by atoms with Crippen molar-refractivity contribution in [2.45, 2.75) is 0 Å². The van der Waals surface area contributed by atoms with Crippen molar-refractivity contribution in [3.05, 3.63) is 64.4 Å². The normalized spacial score (nSPS) is 15.1. The summed E-state index contributed by atoms with van der Waals surface area (Å²) >= 11 is 5.83. The molecule has 2 aromatic rings. The maximum Gasteiger partial charge on any atom is 0.232 e. The number of ether oxygens (including phenoxy) is 2. The molecule has 2 aromatic carbocycles. The summed E-state index contributed by atoms with van der Waals surface area (Å²) in [5.74, 6) is 1.34. The molecule has 0 bridgehead atoms. The minimum absolute atomic E-state index is 0.145. The van der Waals surface area contributed by atoms with Crippen molar-refractivity contribution in [2.24, 2.45) is 0 Å². The summed E-state index contributed by atoms with van der Waals surface area (Å²) in [7, 11) is 1.56. The van der Waals surface area contributed by atoms with Crippen LogP contribution in [0.25, 0.3) is 6.08 Å². The smallest absolute Gasteiger partial charge is 0.232 e. The minimum Gasteiger partial charge on any atom is -0.497 e. The Morgan fingerprint density at radius 3 is 2.60 bits per heavy atom. The number of carbonyl (C=O) groups excluding carboxylic acids is 1. The van der Waals surface area contributed by atoms with E-state index in [1.54, 1.807) is 43.5 Å². The molecule has 0 saturated heterocycles. The molecule has 1 aliphatic heterocycles. The molecule has 0 fully saturated rings. The van der Waals surface area contributed by atoms with Gasteiger partial charge in [0, 0.05) is 5.02 Å². The van der Waals surface area contributed by atoms with Gasteiger partial charge in [-0.05, 0) is 42.0 Å². The van der Waals surface area contributed by atoms with E-state index < -0.39 is 0 Å². The summed E-state index contributed by atoms with van der Waals surface area (Å²) in [6.07, 6.45) is 1.70. The summed E-state index contributed by atoms with van der Waals surface area (Å²) < 4.78 is 10.7. The van der Waals surface area contributed by atoms with Crippen LogP contribution in [-0.4, -0.2) is 12.9 Å². The predicted octanol–water partition coefficient (Wildman–Crippen LogP) is 3.96. The molecule has 1 aliphatic rings. The Labute approximate surface area is 121 Å². The summed E-state index contributed by atoms with van der Waals surface area (Å²) in [6, 6.07) is 12.4. The standard InChI is InChI=1S/C16H11ClO3/c1-19-12-6-7-14-13(9-12)16(18)15(20-14)8-10-2-4-11(17)5-3-10/h2-9H,1H3/b15-8+. The zero-order chi connectivity index (χ0) is 14.1. The molecule has 3 nitrogen and oxygen atoms in total. The van der Waals surface area contributed by atoms with Gasteiger partial charge >= 0.3 is 0 Å². The van der Waals surface area contributed by atoms with E-state index in [1.807, 2.05) is 12.1 Å². The topological polar surface area (TPSA) is 35.5 Å². The highest BCUT2D eigenvalue weighted by molar-refractivity contribution is 6.30. The number of fused-ring (bicyclic) bond motifs is 1. The van der Waals surface area contributed by atoms with Gasteiger partial charge in [0.1, 0.15) is 11.5 Å². The van der Waals surface area contributed by atoms with Gasteiger partial charge in [-0.25, -0.2) is 0 Å². The molecular weight excluding hydrogens is 276 g/mol. The Hall–Kier alpha value is -2.26. The fraction of sp³-hybridized carbons (Fsp3) is 0.0625. The van der Waals surface area contributed by atoms with Crippen LogP contribution in [0.15, 0.2) is 48.2 Å². The lowest BCUT2D eigenvalue weighted by Gasteiger charge is -2.00. The number of Topliss-reactive ketones (excluding diaryl/α,β-unsaturated/α-hetero) is 1. The first kappa shape index (κ1) is 12.8. The fourth-order valence-electron chi connectivity index (χ4n) is 2.01. The van der Waals surface area contributed by atoms with Gasteiger partial charge in [0.05, 0.1) is 12.7 Å². The summed E-state index contributed by atoms with van der Waals surface area (Å²) in [5.41, 5.74) is 1.38. The molecule has 0 N–H and O–H groups in total. The van der Waals surface area contributed by atoms with E-state index in [1.165, 1.54) is 0 Å². The van der Waals surface area contributed by atoms with Crippen LogP contribution in [0.4, 0.5) is 0 Å². The van der Waals surface area contributed by atoms with Gasteiger partial charge in [-0.3, -0.25) is 4.79 Å². The van der Waals surface area contributed by atoms with Gasteiger partial charge in [-0.2, -0.15) is 0 Å². The van der Waals surface area contributed by atoms with Crippen molar-refractivity contribution in [3.63, 3.8) is 0 Å². The molecule has 0 atom stereocenters. The lowest BCUT2D eigenvalue weighted by atomic mass is 10.1. The fourth-order valence-corrected chi connectivity index (χ4v) is 2.13. The van der Waals surface area contributed by atoms with Gasteiger partial charge < -0.3 is 9.47 Å². The number of benzene rings is 2. The van der Waals surface area contributed by atoms with Gasteiger partial charge in [0.25, 0.3) is 0 Å². The van der Waals surface area contributed by atoms with Crippen molar-refractivity contribution in [1.82, 2.24) is 0 Å². The van der Waals surface area contributed by atoms with Gasteiger partial charge in [0.15, 0.2) is 5.76 Å².